The van der Waals surface area contributed by atoms with Crippen molar-refractivity contribution >= 4 is 24.8 Å². The lowest BCUT2D eigenvalue weighted by Gasteiger charge is -2.34. The van der Waals surface area contributed by atoms with Crippen LogP contribution in [0.25, 0.3) is 0 Å². The molecule has 0 spiro atoms. The summed E-state index contributed by atoms with van der Waals surface area (Å²) < 4.78 is 40.3. The molecule has 0 bridgehead atoms. The molecule has 1 heterocycles. The highest BCUT2D eigenvalue weighted by Gasteiger charge is 2.25. The minimum atomic E-state index is -1.11. The van der Waals surface area contributed by atoms with Crippen molar-refractivity contribution < 1.29 is 13.2 Å². The fourth-order valence-electron chi connectivity index (χ4n) is 2.49. The Hall–Kier alpha value is -0.490. The van der Waals surface area contributed by atoms with E-state index in [1.165, 1.54) is 0 Å². The van der Waals surface area contributed by atoms with Gasteiger partial charge in [0.2, 0.25) is 0 Å². The summed E-state index contributed by atoms with van der Waals surface area (Å²) in [6.07, 6.45) is 0.625. The Morgan fingerprint density at radius 2 is 1.75 bits per heavy atom. The van der Waals surface area contributed by atoms with Crippen LogP contribution in [0.2, 0.25) is 0 Å². The van der Waals surface area contributed by atoms with Crippen LogP contribution in [0.1, 0.15) is 24.9 Å². The maximum Gasteiger partial charge on any atom is 0.163 e. The van der Waals surface area contributed by atoms with Crippen LogP contribution in [0, 0.1) is 17.5 Å². The van der Waals surface area contributed by atoms with E-state index in [9.17, 15) is 13.2 Å². The third-order valence-electron chi connectivity index (χ3n) is 3.36. The van der Waals surface area contributed by atoms with Crippen molar-refractivity contribution in [2.75, 3.05) is 26.2 Å². The van der Waals surface area contributed by atoms with Crippen molar-refractivity contribution in [2.45, 2.75) is 19.4 Å². The van der Waals surface area contributed by atoms with Gasteiger partial charge in [-0.15, -0.1) is 24.8 Å². The van der Waals surface area contributed by atoms with E-state index in [4.69, 9.17) is 0 Å². The first-order valence-corrected chi connectivity index (χ1v) is 6.22. The molecular weight excluding hydrogens is 312 g/mol. The Bertz CT molecular complexity index is 426. The zero-order chi connectivity index (χ0) is 13.1. The molecule has 0 saturated carbocycles. The van der Waals surface area contributed by atoms with E-state index < -0.39 is 17.5 Å². The van der Waals surface area contributed by atoms with Gasteiger partial charge in [0, 0.05) is 43.9 Å². The molecule has 20 heavy (non-hydrogen) atoms. The monoisotopic (exact) mass is 330 g/mol. The first-order chi connectivity index (χ1) is 8.63. The van der Waals surface area contributed by atoms with Crippen LogP contribution in [0.5, 0.6) is 0 Å². The molecule has 2 rings (SSSR count). The molecule has 1 fully saturated rings. The van der Waals surface area contributed by atoms with E-state index >= 15 is 0 Å². The van der Waals surface area contributed by atoms with Gasteiger partial charge in [-0.3, -0.25) is 4.90 Å². The molecule has 1 N–H and O–H groups in total. The van der Waals surface area contributed by atoms with E-state index in [-0.39, 0.29) is 36.4 Å². The van der Waals surface area contributed by atoms with Gasteiger partial charge in [0.1, 0.15) is 5.82 Å². The summed E-state index contributed by atoms with van der Waals surface area (Å²) >= 11 is 0. The molecule has 0 aromatic heterocycles. The quantitative estimate of drug-likeness (QED) is 0.855. The molecule has 1 aliphatic rings. The van der Waals surface area contributed by atoms with E-state index in [2.05, 4.69) is 10.2 Å². The lowest BCUT2D eigenvalue weighted by molar-refractivity contribution is 0.165. The van der Waals surface area contributed by atoms with Gasteiger partial charge >= 0.3 is 0 Å². The fourth-order valence-corrected chi connectivity index (χ4v) is 2.49. The van der Waals surface area contributed by atoms with E-state index in [1.54, 1.807) is 0 Å². The standard InChI is InChI=1S/C13H17F3N2.2ClH/c1-2-12(18-5-3-17-4-6-18)10-7-9(14)8-11(15)13(10)16;;/h7-8,12,17H,2-6H2,1H3;2*1H/t12-;;/m0../s1. The lowest BCUT2D eigenvalue weighted by atomic mass is 10.0. The van der Waals surface area contributed by atoms with Crippen LogP contribution in [0.4, 0.5) is 13.2 Å². The molecule has 0 aliphatic carbocycles. The molecule has 0 amide bonds. The van der Waals surface area contributed by atoms with Crippen molar-refractivity contribution in [2.24, 2.45) is 0 Å². The van der Waals surface area contributed by atoms with Crippen molar-refractivity contribution in [1.82, 2.24) is 10.2 Å². The second-order valence-electron chi connectivity index (χ2n) is 4.50. The third-order valence-corrected chi connectivity index (χ3v) is 3.36. The van der Waals surface area contributed by atoms with E-state index in [0.717, 1.165) is 32.2 Å². The van der Waals surface area contributed by atoms with Crippen LogP contribution in [0.3, 0.4) is 0 Å². The molecule has 0 radical (unpaired) electrons. The summed E-state index contributed by atoms with van der Waals surface area (Å²) in [5, 5.41) is 3.20. The van der Waals surface area contributed by atoms with Gasteiger partial charge in [0.05, 0.1) is 0 Å². The highest BCUT2D eigenvalue weighted by molar-refractivity contribution is 5.85. The summed E-state index contributed by atoms with van der Waals surface area (Å²) in [5.74, 6) is -2.77. The topological polar surface area (TPSA) is 15.3 Å². The Morgan fingerprint density at radius 3 is 2.30 bits per heavy atom. The van der Waals surface area contributed by atoms with Crippen molar-refractivity contribution in [3.8, 4) is 0 Å². The average Bonchev–Trinajstić information content (AvgIpc) is 2.37. The molecule has 1 atom stereocenters. The molecule has 0 unspecified atom stereocenters. The van der Waals surface area contributed by atoms with Crippen molar-refractivity contribution in [1.29, 1.82) is 0 Å². The first kappa shape index (κ1) is 19.5. The second kappa shape index (κ2) is 8.72. The van der Waals surface area contributed by atoms with Gasteiger partial charge in [-0.05, 0) is 12.5 Å². The Kier molecular flexibility index (Phi) is 8.51. The molecule has 1 saturated heterocycles. The Balaban J connectivity index is 0.00000180. The molecule has 116 valence electrons. The maximum absolute atomic E-state index is 13.8. The molecule has 7 heteroatoms. The van der Waals surface area contributed by atoms with Crippen LogP contribution in [-0.2, 0) is 0 Å². The Labute approximate surface area is 129 Å². The third kappa shape index (κ3) is 4.25. The molecular formula is C13H19Cl2F3N2. The van der Waals surface area contributed by atoms with Crippen LogP contribution < -0.4 is 5.32 Å². The maximum atomic E-state index is 13.8. The number of hydrogen-bond acceptors (Lipinski definition) is 2. The fraction of sp³-hybridized carbons (Fsp3) is 0.538. The van der Waals surface area contributed by atoms with E-state index in [1.807, 2.05) is 6.92 Å². The molecule has 1 aliphatic heterocycles. The highest BCUT2D eigenvalue weighted by Crippen LogP contribution is 2.28. The normalized spacial score (nSPS) is 17.0. The Morgan fingerprint density at radius 1 is 1.15 bits per heavy atom. The summed E-state index contributed by atoms with van der Waals surface area (Å²) in [6.45, 7) is 5.05. The van der Waals surface area contributed by atoms with Crippen molar-refractivity contribution in [3.63, 3.8) is 0 Å². The summed E-state index contributed by atoms with van der Waals surface area (Å²) in [7, 11) is 0. The minimum Gasteiger partial charge on any atom is -0.314 e. The number of nitrogens with one attached hydrogen (secondary N) is 1. The SMILES string of the molecule is CC[C@@H](c1cc(F)cc(F)c1F)N1CCNCC1.Cl.Cl. The van der Waals surface area contributed by atoms with Gasteiger partial charge in [-0.25, -0.2) is 13.2 Å². The molecule has 1 aromatic rings. The number of rotatable bonds is 3. The van der Waals surface area contributed by atoms with Crippen LogP contribution in [0.15, 0.2) is 12.1 Å². The predicted octanol–water partition coefficient (Wildman–Crippen LogP) is 3.30. The van der Waals surface area contributed by atoms with Crippen molar-refractivity contribution in [3.05, 3.63) is 35.1 Å². The number of nitrogens with zero attached hydrogens (tertiary/aromatic N) is 1. The largest absolute Gasteiger partial charge is 0.314 e. The highest BCUT2D eigenvalue weighted by atomic mass is 35.5. The van der Waals surface area contributed by atoms with Crippen LogP contribution >= 0.6 is 24.8 Å². The second-order valence-corrected chi connectivity index (χ2v) is 4.50. The van der Waals surface area contributed by atoms with Gasteiger partial charge in [0.25, 0.3) is 0 Å². The van der Waals surface area contributed by atoms with E-state index in [0.29, 0.717) is 12.5 Å². The predicted molar refractivity (Wildman–Crippen MR) is 78.3 cm³/mol. The number of hydrogen-bond donors (Lipinski definition) is 1. The number of benzene rings is 1. The first-order valence-electron chi connectivity index (χ1n) is 6.22. The summed E-state index contributed by atoms with van der Waals surface area (Å²) in [4.78, 5) is 2.06. The van der Waals surface area contributed by atoms with Crippen LogP contribution in [-0.4, -0.2) is 31.1 Å². The molecule has 1 aromatic carbocycles. The van der Waals surface area contributed by atoms with Gasteiger partial charge < -0.3 is 5.32 Å². The number of piperazine rings is 1. The van der Waals surface area contributed by atoms with Gasteiger partial charge in [-0.1, -0.05) is 6.92 Å². The minimum absolute atomic E-state index is 0. The lowest BCUT2D eigenvalue weighted by Crippen LogP contribution is -2.45. The van der Waals surface area contributed by atoms with Gasteiger partial charge in [-0.2, -0.15) is 0 Å². The molecule has 2 nitrogen and oxygen atoms in total. The number of halogens is 5. The summed E-state index contributed by atoms with van der Waals surface area (Å²) in [5.41, 5.74) is 0.122. The average molecular weight is 331 g/mol. The zero-order valence-corrected chi connectivity index (χ0v) is 12.8. The van der Waals surface area contributed by atoms with Gasteiger partial charge in [0.15, 0.2) is 11.6 Å². The summed E-state index contributed by atoms with van der Waals surface area (Å²) in [6, 6.07) is 1.43. The zero-order valence-electron chi connectivity index (χ0n) is 11.2. The smallest absolute Gasteiger partial charge is 0.163 e.